The summed E-state index contributed by atoms with van der Waals surface area (Å²) in [5.74, 6) is -0.724. The fraction of sp³-hybridized carbons (Fsp3) is 0.300. The summed E-state index contributed by atoms with van der Waals surface area (Å²) in [5.41, 5.74) is 2.45. The van der Waals surface area contributed by atoms with Gasteiger partial charge in [-0.05, 0) is 29.7 Å². The largest absolute Gasteiger partial charge is 0.352 e. The molecule has 1 saturated heterocycles. The van der Waals surface area contributed by atoms with Crippen molar-refractivity contribution in [3.8, 4) is 0 Å². The number of hydrogen-bond donors (Lipinski definition) is 1. The fourth-order valence-corrected chi connectivity index (χ4v) is 3.05. The number of aryl methyl sites for hydroxylation is 1. The second-order valence-electron chi connectivity index (χ2n) is 6.46. The van der Waals surface area contributed by atoms with E-state index in [1.165, 1.54) is 6.07 Å². The zero-order valence-electron chi connectivity index (χ0n) is 14.2. The van der Waals surface area contributed by atoms with Gasteiger partial charge in [-0.3, -0.25) is 9.59 Å². The van der Waals surface area contributed by atoms with Crippen molar-refractivity contribution in [2.45, 2.75) is 26.4 Å². The second kappa shape index (κ2) is 7.47. The molecule has 25 heavy (non-hydrogen) atoms. The Balaban J connectivity index is 1.54. The van der Waals surface area contributed by atoms with E-state index < -0.39 is 0 Å². The van der Waals surface area contributed by atoms with Crippen molar-refractivity contribution in [3.63, 3.8) is 0 Å². The van der Waals surface area contributed by atoms with Crippen LogP contribution in [0.5, 0.6) is 0 Å². The van der Waals surface area contributed by atoms with E-state index in [9.17, 15) is 14.0 Å². The number of carbonyl (C=O) groups excluding carboxylic acids is 2. The van der Waals surface area contributed by atoms with Gasteiger partial charge in [0.15, 0.2) is 0 Å². The van der Waals surface area contributed by atoms with Gasteiger partial charge < -0.3 is 10.2 Å². The number of benzene rings is 2. The third kappa shape index (κ3) is 4.24. The lowest BCUT2D eigenvalue weighted by Crippen LogP contribution is -2.32. The standard InChI is InChI=1S/C20H21FN2O2/c1-14-9-16(7-8-18(14)21)11-22-20(25)17-10-19(24)23(13-17)12-15-5-3-2-4-6-15/h2-9,17H,10-13H2,1H3,(H,22,25)/t17-/m1/s1. The van der Waals surface area contributed by atoms with Gasteiger partial charge in [0.05, 0.1) is 5.92 Å². The molecular weight excluding hydrogens is 319 g/mol. The minimum absolute atomic E-state index is 0.00151. The fourth-order valence-electron chi connectivity index (χ4n) is 3.05. The molecule has 130 valence electrons. The monoisotopic (exact) mass is 340 g/mol. The van der Waals surface area contributed by atoms with E-state index in [-0.39, 0.29) is 30.0 Å². The molecule has 0 bridgehead atoms. The van der Waals surface area contributed by atoms with E-state index in [4.69, 9.17) is 0 Å². The Labute approximate surface area is 146 Å². The Hall–Kier alpha value is -2.69. The number of nitrogens with one attached hydrogen (secondary N) is 1. The zero-order valence-corrected chi connectivity index (χ0v) is 14.2. The zero-order chi connectivity index (χ0) is 17.8. The van der Waals surface area contributed by atoms with Gasteiger partial charge in [-0.25, -0.2) is 4.39 Å². The molecule has 5 heteroatoms. The van der Waals surface area contributed by atoms with E-state index in [1.807, 2.05) is 30.3 Å². The summed E-state index contributed by atoms with van der Waals surface area (Å²) in [6.45, 7) is 2.99. The quantitative estimate of drug-likeness (QED) is 0.910. The Kier molecular flexibility index (Phi) is 5.12. The highest BCUT2D eigenvalue weighted by atomic mass is 19.1. The van der Waals surface area contributed by atoms with Crippen LogP contribution in [0.1, 0.15) is 23.1 Å². The molecule has 3 rings (SSSR count). The molecule has 1 atom stereocenters. The molecule has 2 aromatic rings. The highest BCUT2D eigenvalue weighted by Gasteiger charge is 2.34. The van der Waals surface area contributed by atoms with Gasteiger partial charge in [0.25, 0.3) is 0 Å². The summed E-state index contributed by atoms with van der Waals surface area (Å²) < 4.78 is 13.3. The minimum Gasteiger partial charge on any atom is -0.352 e. The van der Waals surface area contributed by atoms with Crippen molar-refractivity contribution >= 4 is 11.8 Å². The molecule has 2 aromatic carbocycles. The molecule has 0 unspecified atom stereocenters. The molecule has 1 fully saturated rings. The second-order valence-corrected chi connectivity index (χ2v) is 6.46. The molecule has 0 saturated carbocycles. The molecule has 0 spiro atoms. The molecule has 0 aliphatic carbocycles. The predicted molar refractivity (Wildman–Crippen MR) is 92.9 cm³/mol. The number of carbonyl (C=O) groups is 2. The van der Waals surface area contributed by atoms with Gasteiger partial charge in [0.2, 0.25) is 11.8 Å². The molecule has 1 aliphatic heterocycles. The van der Waals surface area contributed by atoms with Gasteiger partial charge in [-0.2, -0.15) is 0 Å². The molecule has 4 nitrogen and oxygen atoms in total. The lowest BCUT2D eigenvalue weighted by molar-refractivity contribution is -0.129. The number of halogens is 1. The van der Waals surface area contributed by atoms with Crippen LogP contribution < -0.4 is 5.32 Å². The first-order chi connectivity index (χ1) is 12.0. The highest BCUT2D eigenvalue weighted by molar-refractivity contribution is 5.89. The van der Waals surface area contributed by atoms with Crippen LogP contribution in [0.15, 0.2) is 48.5 Å². The first-order valence-electron chi connectivity index (χ1n) is 8.37. The maximum Gasteiger partial charge on any atom is 0.225 e. The van der Waals surface area contributed by atoms with Crippen LogP contribution in [0.25, 0.3) is 0 Å². The molecule has 0 radical (unpaired) electrons. The topological polar surface area (TPSA) is 49.4 Å². The lowest BCUT2D eigenvalue weighted by atomic mass is 10.1. The van der Waals surface area contributed by atoms with Crippen LogP contribution >= 0.6 is 0 Å². The van der Waals surface area contributed by atoms with E-state index in [2.05, 4.69) is 5.32 Å². The Morgan fingerprint density at radius 3 is 2.68 bits per heavy atom. The predicted octanol–water partition coefficient (Wildman–Crippen LogP) is 2.80. The van der Waals surface area contributed by atoms with Crippen LogP contribution in [0.4, 0.5) is 4.39 Å². The molecule has 1 aliphatic rings. The Morgan fingerprint density at radius 1 is 1.20 bits per heavy atom. The molecule has 2 amide bonds. The summed E-state index contributed by atoms with van der Waals surface area (Å²) >= 11 is 0. The smallest absolute Gasteiger partial charge is 0.225 e. The summed E-state index contributed by atoms with van der Waals surface area (Å²) in [4.78, 5) is 26.2. The van der Waals surface area contributed by atoms with Crippen molar-refractivity contribution in [1.82, 2.24) is 10.2 Å². The number of hydrogen-bond acceptors (Lipinski definition) is 2. The molecular formula is C20H21FN2O2. The number of likely N-dealkylation sites (tertiary alicyclic amines) is 1. The number of rotatable bonds is 5. The van der Waals surface area contributed by atoms with E-state index >= 15 is 0 Å². The first-order valence-corrected chi connectivity index (χ1v) is 8.37. The molecule has 0 aromatic heterocycles. The van der Waals surface area contributed by atoms with Gasteiger partial charge in [-0.1, -0.05) is 42.5 Å². The van der Waals surface area contributed by atoms with E-state index in [0.717, 1.165) is 11.1 Å². The minimum atomic E-state index is -0.335. The van der Waals surface area contributed by atoms with Crippen LogP contribution in [-0.4, -0.2) is 23.3 Å². The summed E-state index contributed by atoms with van der Waals surface area (Å²) in [5, 5.41) is 2.85. The normalized spacial score (nSPS) is 17.0. The Morgan fingerprint density at radius 2 is 1.96 bits per heavy atom. The van der Waals surface area contributed by atoms with Crippen molar-refractivity contribution in [2.24, 2.45) is 5.92 Å². The maximum absolute atomic E-state index is 13.3. The van der Waals surface area contributed by atoms with Gasteiger partial charge in [0.1, 0.15) is 5.82 Å². The molecule has 1 N–H and O–H groups in total. The van der Waals surface area contributed by atoms with Gasteiger partial charge >= 0.3 is 0 Å². The van der Waals surface area contributed by atoms with Crippen molar-refractivity contribution in [3.05, 3.63) is 71.0 Å². The van der Waals surface area contributed by atoms with E-state index in [1.54, 1.807) is 24.0 Å². The van der Waals surface area contributed by atoms with Crippen LogP contribution in [0.2, 0.25) is 0 Å². The summed E-state index contributed by atoms with van der Waals surface area (Å²) in [6, 6.07) is 14.5. The van der Waals surface area contributed by atoms with Crippen molar-refractivity contribution < 1.29 is 14.0 Å². The highest BCUT2D eigenvalue weighted by Crippen LogP contribution is 2.20. The Bertz CT molecular complexity index is 777. The SMILES string of the molecule is Cc1cc(CNC(=O)[C@@H]2CC(=O)N(Cc3ccccc3)C2)ccc1F. The number of nitrogens with zero attached hydrogens (tertiary/aromatic N) is 1. The average Bonchev–Trinajstić information content (AvgIpc) is 2.97. The summed E-state index contributed by atoms with van der Waals surface area (Å²) in [7, 11) is 0. The van der Waals surface area contributed by atoms with Crippen LogP contribution in [0.3, 0.4) is 0 Å². The van der Waals surface area contributed by atoms with Crippen LogP contribution in [0, 0.1) is 18.7 Å². The third-order valence-electron chi connectivity index (χ3n) is 4.49. The van der Waals surface area contributed by atoms with Crippen molar-refractivity contribution in [1.29, 1.82) is 0 Å². The first kappa shape index (κ1) is 17.1. The van der Waals surface area contributed by atoms with Crippen molar-refractivity contribution in [2.75, 3.05) is 6.54 Å². The lowest BCUT2D eigenvalue weighted by Gasteiger charge is -2.16. The van der Waals surface area contributed by atoms with Gasteiger partial charge in [-0.15, -0.1) is 0 Å². The molecule has 1 heterocycles. The van der Waals surface area contributed by atoms with E-state index in [0.29, 0.717) is 25.2 Å². The summed E-state index contributed by atoms with van der Waals surface area (Å²) in [6.07, 6.45) is 0.237. The van der Waals surface area contributed by atoms with Crippen LogP contribution in [-0.2, 0) is 22.7 Å². The number of amides is 2. The maximum atomic E-state index is 13.3. The average molecular weight is 340 g/mol. The third-order valence-corrected chi connectivity index (χ3v) is 4.49. The van der Waals surface area contributed by atoms with Gasteiger partial charge in [0, 0.05) is 26.1 Å².